The number of allylic oxidation sites excluding steroid dienone is 1. The zero-order valence-electron chi connectivity index (χ0n) is 14.4. The summed E-state index contributed by atoms with van der Waals surface area (Å²) in [4.78, 5) is 2.29. The first-order valence-corrected chi connectivity index (χ1v) is 8.37. The zero-order valence-corrected chi connectivity index (χ0v) is 14.4. The third-order valence-electron chi connectivity index (χ3n) is 4.33. The van der Waals surface area contributed by atoms with Gasteiger partial charge in [-0.15, -0.1) is 10.2 Å². The van der Waals surface area contributed by atoms with Crippen LogP contribution in [0.1, 0.15) is 18.7 Å². The van der Waals surface area contributed by atoms with Gasteiger partial charge in [0.1, 0.15) is 11.6 Å². The van der Waals surface area contributed by atoms with Gasteiger partial charge in [0.05, 0.1) is 6.61 Å². The van der Waals surface area contributed by atoms with Crippen LogP contribution >= 0.6 is 0 Å². The van der Waals surface area contributed by atoms with Gasteiger partial charge in [0.15, 0.2) is 11.6 Å². The third kappa shape index (κ3) is 4.55. The van der Waals surface area contributed by atoms with Crippen LogP contribution in [0.25, 0.3) is 5.57 Å². The number of nitrogens with one attached hydrogen (secondary N) is 2. The normalized spacial score (nSPS) is 16.3. The number of rotatable bonds is 6. The Bertz CT molecular complexity index is 792. The summed E-state index contributed by atoms with van der Waals surface area (Å²) >= 11 is 0. The largest absolute Gasteiger partial charge is 0.490 e. The molecular weight excluding hydrogens is 337 g/mol. The van der Waals surface area contributed by atoms with Crippen LogP contribution in [-0.2, 0) is 0 Å². The Morgan fingerprint density at radius 1 is 1.50 bits per heavy atom. The number of piperidine rings is 1. The van der Waals surface area contributed by atoms with E-state index in [0.717, 1.165) is 25.9 Å². The monoisotopic (exact) mass is 357 g/mol. The van der Waals surface area contributed by atoms with Crippen molar-refractivity contribution in [1.82, 2.24) is 25.5 Å². The van der Waals surface area contributed by atoms with Crippen LogP contribution in [0.3, 0.4) is 0 Å². The van der Waals surface area contributed by atoms with Gasteiger partial charge in [0, 0.05) is 18.0 Å². The van der Waals surface area contributed by atoms with Crippen LogP contribution in [-0.4, -0.2) is 52.3 Å². The predicted octanol–water partition coefficient (Wildman–Crippen LogP) is 2.04. The number of H-pyrrole nitrogens is 1. The predicted molar refractivity (Wildman–Crippen MR) is 93.5 cm³/mol. The van der Waals surface area contributed by atoms with Gasteiger partial charge in [-0.1, -0.05) is 0 Å². The molecule has 0 spiro atoms. The lowest BCUT2D eigenvalue weighted by atomic mass is 9.98. The molecule has 0 saturated carbocycles. The van der Waals surface area contributed by atoms with Gasteiger partial charge in [-0.25, -0.2) is 4.39 Å². The Labute approximate surface area is 150 Å². The summed E-state index contributed by atoms with van der Waals surface area (Å²) in [7, 11) is 2.10. The molecule has 1 aromatic carbocycles. The number of tetrazole rings is 1. The summed E-state index contributed by atoms with van der Waals surface area (Å²) in [6.07, 6.45) is 3.53. The van der Waals surface area contributed by atoms with Crippen molar-refractivity contribution in [3.8, 4) is 11.8 Å². The minimum atomic E-state index is -0.450. The van der Waals surface area contributed by atoms with Gasteiger partial charge >= 0.3 is 0 Å². The van der Waals surface area contributed by atoms with Crippen molar-refractivity contribution in [1.29, 1.82) is 5.26 Å². The number of benzene rings is 1. The third-order valence-corrected chi connectivity index (χ3v) is 4.33. The maximum Gasteiger partial charge on any atom is 0.216 e. The fourth-order valence-corrected chi connectivity index (χ4v) is 2.72. The second kappa shape index (κ2) is 8.40. The van der Waals surface area contributed by atoms with E-state index in [-0.39, 0.29) is 17.1 Å². The van der Waals surface area contributed by atoms with E-state index in [2.05, 4.69) is 37.9 Å². The molecule has 26 heavy (non-hydrogen) atoms. The summed E-state index contributed by atoms with van der Waals surface area (Å²) in [6, 6.07) is 6.55. The van der Waals surface area contributed by atoms with Gasteiger partial charge in [-0.2, -0.15) is 10.5 Å². The minimum absolute atomic E-state index is 0.165. The molecule has 2 heterocycles. The second-order valence-electron chi connectivity index (χ2n) is 6.25. The molecule has 3 rings (SSSR count). The van der Waals surface area contributed by atoms with Crippen LogP contribution in [0.5, 0.6) is 5.75 Å². The van der Waals surface area contributed by atoms with E-state index in [0.29, 0.717) is 18.2 Å². The van der Waals surface area contributed by atoms with E-state index in [1.807, 2.05) is 6.07 Å². The number of likely N-dealkylation sites (tertiary alicyclic amines) is 1. The Kier molecular flexibility index (Phi) is 5.76. The van der Waals surface area contributed by atoms with Crippen molar-refractivity contribution in [3.63, 3.8) is 0 Å². The first-order chi connectivity index (χ1) is 12.7. The van der Waals surface area contributed by atoms with E-state index in [1.165, 1.54) is 12.3 Å². The molecular formula is C17H20FN7O. The number of aromatic nitrogens is 4. The molecule has 0 unspecified atom stereocenters. The van der Waals surface area contributed by atoms with Crippen LogP contribution < -0.4 is 10.1 Å². The topological polar surface area (TPSA) is 103 Å². The molecule has 0 amide bonds. The minimum Gasteiger partial charge on any atom is -0.490 e. The number of anilines is 1. The fraction of sp³-hybridized carbons (Fsp3) is 0.412. The average Bonchev–Trinajstić information content (AvgIpc) is 3.17. The van der Waals surface area contributed by atoms with E-state index >= 15 is 0 Å². The van der Waals surface area contributed by atoms with Crippen molar-refractivity contribution in [2.24, 2.45) is 5.92 Å². The van der Waals surface area contributed by atoms with Gasteiger partial charge < -0.3 is 15.0 Å². The number of hydrogen-bond donors (Lipinski definition) is 2. The summed E-state index contributed by atoms with van der Waals surface area (Å²) in [5.74, 6) is 0.407. The van der Waals surface area contributed by atoms with Gasteiger partial charge in [0.25, 0.3) is 0 Å². The molecule has 1 saturated heterocycles. The molecule has 8 nitrogen and oxygen atoms in total. The van der Waals surface area contributed by atoms with E-state index in [1.54, 1.807) is 12.1 Å². The van der Waals surface area contributed by atoms with Crippen molar-refractivity contribution in [2.75, 3.05) is 32.1 Å². The molecule has 1 fully saturated rings. The lowest BCUT2D eigenvalue weighted by Gasteiger charge is -2.28. The fourth-order valence-electron chi connectivity index (χ4n) is 2.72. The summed E-state index contributed by atoms with van der Waals surface area (Å²) in [5.41, 5.74) is 0.673. The molecule has 136 valence electrons. The molecule has 1 aliphatic rings. The van der Waals surface area contributed by atoms with Crippen molar-refractivity contribution in [2.45, 2.75) is 12.8 Å². The molecule has 0 bridgehead atoms. The van der Waals surface area contributed by atoms with Gasteiger partial charge in [-0.3, -0.25) is 0 Å². The highest BCUT2D eigenvalue weighted by Gasteiger charge is 2.18. The maximum atomic E-state index is 14.2. The van der Waals surface area contributed by atoms with Crippen molar-refractivity contribution in [3.05, 3.63) is 36.0 Å². The van der Waals surface area contributed by atoms with Crippen LogP contribution in [0.2, 0.25) is 0 Å². The molecule has 0 aliphatic carbocycles. The molecule has 2 aromatic rings. The quantitative estimate of drug-likeness (QED) is 0.763. The number of hydrogen-bond acceptors (Lipinski definition) is 7. The Balaban J connectivity index is 1.58. The number of halogens is 1. The highest BCUT2D eigenvalue weighted by atomic mass is 19.1. The van der Waals surface area contributed by atoms with E-state index in [4.69, 9.17) is 10.00 Å². The SMILES string of the molecule is CN1CCC(COc2ccc(NC=C(C#N)c3nn[nH]n3)cc2F)CC1. The lowest BCUT2D eigenvalue weighted by molar-refractivity contribution is 0.157. The van der Waals surface area contributed by atoms with Crippen molar-refractivity contribution >= 4 is 11.3 Å². The summed E-state index contributed by atoms with van der Waals surface area (Å²) in [6.45, 7) is 2.62. The molecule has 1 aliphatic heterocycles. The summed E-state index contributed by atoms with van der Waals surface area (Å²) < 4.78 is 19.9. The lowest BCUT2D eigenvalue weighted by Crippen LogP contribution is -2.32. The molecule has 1 aromatic heterocycles. The number of nitrogens with zero attached hydrogens (tertiary/aromatic N) is 5. The molecule has 0 atom stereocenters. The summed E-state index contributed by atoms with van der Waals surface area (Å²) in [5, 5.41) is 25.1. The zero-order chi connectivity index (χ0) is 18.4. The second-order valence-corrected chi connectivity index (χ2v) is 6.25. The Hall–Kier alpha value is -2.99. The molecule has 0 radical (unpaired) electrons. The number of aromatic amines is 1. The van der Waals surface area contributed by atoms with E-state index in [9.17, 15) is 4.39 Å². The van der Waals surface area contributed by atoms with Crippen LogP contribution in [0.4, 0.5) is 10.1 Å². The smallest absolute Gasteiger partial charge is 0.216 e. The highest BCUT2D eigenvalue weighted by molar-refractivity contribution is 5.74. The van der Waals surface area contributed by atoms with Crippen molar-refractivity contribution < 1.29 is 9.13 Å². The first kappa shape index (κ1) is 17.8. The first-order valence-electron chi connectivity index (χ1n) is 8.37. The van der Waals surface area contributed by atoms with Gasteiger partial charge in [-0.05, 0) is 56.2 Å². The molecule has 2 N–H and O–H groups in total. The number of ether oxygens (including phenoxy) is 1. The maximum absolute atomic E-state index is 14.2. The van der Waals surface area contributed by atoms with Crippen LogP contribution in [0.15, 0.2) is 24.4 Å². The average molecular weight is 357 g/mol. The Morgan fingerprint density at radius 3 is 2.96 bits per heavy atom. The Morgan fingerprint density at radius 2 is 2.31 bits per heavy atom. The number of nitriles is 1. The van der Waals surface area contributed by atoms with Crippen LogP contribution in [0, 0.1) is 23.1 Å². The van der Waals surface area contributed by atoms with E-state index < -0.39 is 5.82 Å². The standard InChI is InChI=1S/C17H20FN7O/c1-25-6-4-12(5-7-25)11-26-16-3-2-14(8-15(16)18)20-10-13(9-19)17-21-23-24-22-17/h2-3,8,10,12,20H,4-7,11H2,1H3,(H,21,22,23,24). The van der Waals surface area contributed by atoms with Gasteiger partial charge in [0.2, 0.25) is 5.82 Å². The highest BCUT2D eigenvalue weighted by Crippen LogP contribution is 2.24. The molecule has 9 heteroatoms.